The highest BCUT2D eigenvalue weighted by molar-refractivity contribution is 7.25. The van der Waals surface area contributed by atoms with E-state index in [2.05, 4.69) is 208 Å². The first-order valence-electron chi connectivity index (χ1n) is 19.7. The Bertz CT molecular complexity index is 3100. The zero-order valence-corrected chi connectivity index (χ0v) is 33.0. The summed E-state index contributed by atoms with van der Waals surface area (Å²) in [6, 6.07) is 72.2. The highest BCUT2D eigenvalue weighted by atomic mass is 32.1. The van der Waals surface area contributed by atoms with Gasteiger partial charge < -0.3 is 0 Å². The number of rotatable bonds is 8. The molecule has 1 nitrogen and oxygen atoms in total. The third-order valence-corrected chi connectivity index (χ3v) is 12.4. The SMILES string of the molecule is C=Cc1cc(-c2ccc(-c3cc(-c4ccc(-c5ccc(-c6ccc7sc8ccccc8c7c6)cc5)cc4)cc(-c4ccccc4)n3)cc2)ccc1-c1ccccc1C. The Morgan fingerprint density at radius 1 is 0.379 bits per heavy atom. The van der Waals surface area contributed by atoms with E-state index >= 15 is 0 Å². The van der Waals surface area contributed by atoms with Crippen LogP contribution in [0.15, 0.2) is 207 Å². The Morgan fingerprint density at radius 2 is 0.862 bits per heavy atom. The van der Waals surface area contributed by atoms with Crippen LogP contribution >= 0.6 is 11.3 Å². The van der Waals surface area contributed by atoms with Crippen LogP contribution in [-0.4, -0.2) is 4.98 Å². The number of hydrogen-bond acceptors (Lipinski definition) is 2. The van der Waals surface area contributed by atoms with Crippen molar-refractivity contribution in [1.82, 2.24) is 4.98 Å². The molecule has 0 aliphatic carbocycles. The molecular weight excluding hydrogens is 719 g/mol. The van der Waals surface area contributed by atoms with Gasteiger partial charge in [0.15, 0.2) is 0 Å². The number of fused-ring (bicyclic) bond motifs is 3. The minimum atomic E-state index is 0.942. The van der Waals surface area contributed by atoms with Crippen molar-refractivity contribution in [2.75, 3.05) is 0 Å². The van der Waals surface area contributed by atoms with Crippen LogP contribution in [0.4, 0.5) is 0 Å². The van der Waals surface area contributed by atoms with Crippen molar-refractivity contribution < 1.29 is 0 Å². The molecule has 0 amide bonds. The molecule has 10 aromatic rings. The van der Waals surface area contributed by atoms with Crippen LogP contribution in [0.5, 0.6) is 0 Å². The molecule has 0 radical (unpaired) electrons. The van der Waals surface area contributed by atoms with Gasteiger partial charge in [-0.2, -0.15) is 0 Å². The molecule has 0 N–H and O–H groups in total. The van der Waals surface area contributed by atoms with Gasteiger partial charge >= 0.3 is 0 Å². The Morgan fingerprint density at radius 3 is 1.52 bits per heavy atom. The molecule has 2 aromatic heterocycles. The molecule has 10 rings (SSSR count). The summed E-state index contributed by atoms with van der Waals surface area (Å²) in [6.45, 7) is 6.30. The van der Waals surface area contributed by atoms with Gasteiger partial charge in [-0.05, 0) is 110 Å². The predicted molar refractivity (Wildman–Crippen MR) is 250 cm³/mol. The van der Waals surface area contributed by atoms with Crippen molar-refractivity contribution in [3.8, 4) is 78.1 Å². The first-order chi connectivity index (χ1) is 28.6. The highest BCUT2D eigenvalue weighted by Crippen LogP contribution is 2.38. The van der Waals surface area contributed by atoms with E-state index in [0.717, 1.165) is 50.3 Å². The molecule has 0 aliphatic rings. The van der Waals surface area contributed by atoms with Crippen LogP contribution < -0.4 is 0 Å². The van der Waals surface area contributed by atoms with Gasteiger partial charge in [-0.3, -0.25) is 0 Å². The summed E-state index contributed by atoms with van der Waals surface area (Å²) in [6.07, 6.45) is 1.96. The Labute approximate surface area is 343 Å². The lowest BCUT2D eigenvalue weighted by atomic mass is 9.92. The number of hydrogen-bond donors (Lipinski definition) is 0. The lowest BCUT2D eigenvalue weighted by Gasteiger charge is -2.13. The molecule has 2 heteroatoms. The summed E-state index contributed by atoms with van der Waals surface area (Å²) in [5.41, 5.74) is 18.3. The summed E-state index contributed by atoms with van der Waals surface area (Å²) in [4.78, 5) is 5.20. The maximum absolute atomic E-state index is 5.20. The van der Waals surface area contributed by atoms with Gasteiger partial charge in [0.05, 0.1) is 11.4 Å². The molecule has 2 heterocycles. The lowest BCUT2D eigenvalue weighted by Crippen LogP contribution is -1.92. The average molecular weight is 758 g/mol. The van der Waals surface area contributed by atoms with Crippen LogP contribution in [-0.2, 0) is 0 Å². The minimum absolute atomic E-state index is 0.942. The molecule has 274 valence electrons. The third-order valence-electron chi connectivity index (χ3n) is 11.3. The molecule has 0 atom stereocenters. The fourth-order valence-corrected chi connectivity index (χ4v) is 9.17. The third kappa shape index (κ3) is 6.74. The van der Waals surface area contributed by atoms with Gasteiger partial charge in [0.1, 0.15) is 0 Å². The smallest absolute Gasteiger partial charge is 0.0715 e. The number of aryl methyl sites for hydroxylation is 1. The van der Waals surface area contributed by atoms with Gasteiger partial charge in [0.25, 0.3) is 0 Å². The normalized spacial score (nSPS) is 11.3. The first-order valence-corrected chi connectivity index (χ1v) is 20.5. The maximum Gasteiger partial charge on any atom is 0.0715 e. The van der Waals surface area contributed by atoms with Crippen LogP contribution in [0.3, 0.4) is 0 Å². The highest BCUT2D eigenvalue weighted by Gasteiger charge is 2.13. The van der Waals surface area contributed by atoms with E-state index in [0.29, 0.717) is 0 Å². The second-order valence-corrected chi connectivity index (χ2v) is 15.9. The molecule has 0 bridgehead atoms. The first kappa shape index (κ1) is 35.3. The van der Waals surface area contributed by atoms with Gasteiger partial charge in [-0.1, -0.05) is 176 Å². The minimum Gasteiger partial charge on any atom is -0.248 e. The fourth-order valence-electron chi connectivity index (χ4n) is 8.08. The van der Waals surface area contributed by atoms with Crippen LogP contribution in [0, 0.1) is 6.92 Å². The predicted octanol–water partition coefficient (Wildman–Crippen LogP) is 16.1. The molecule has 0 saturated heterocycles. The van der Waals surface area contributed by atoms with Gasteiger partial charge in [-0.25, -0.2) is 4.98 Å². The number of nitrogens with zero attached hydrogens (tertiary/aromatic N) is 1. The van der Waals surface area contributed by atoms with E-state index in [1.165, 1.54) is 59.1 Å². The molecular formula is C56H39NS. The van der Waals surface area contributed by atoms with Crippen molar-refractivity contribution in [3.05, 3.63) is 218 Å². The molecule has 58 heavy (non-hydrogen) atoms. The zero-order valence-electron chi connectivity index (χ0n) is 32.2. The monoisotopic (exact) mass is 757 g/mol. The van der Waals surface area contributed by atoms with Crippen molar-refractivity contribution in [3.63, 3.8) is 0 Å². The van der Waals surface area contributed by atoms with Gasteiger partial charge in [0, 0.05) is 31.3 Å². The summed E-state index contributed by atoms with van der Waals surface area (Å²) < 4.78 is 2.66. The van der Waals surface area contributed by atoms with Crippen LogP contribution in [0.1, 0.15) is 11.1 Å². The van der Waals surface area contributed by atoms with E-state index < -0.39 is 0 Å². The topological polar surface area (TPSA) is 12.9 Å². The number of pyridine rings is 1. The van der Waals surface area contributed by atoms with E-state index in [9.17, 15) is 0 Å². The molecule has 0 fully saturated rings. The largest absolute Gasteiger partial charge is 0.248 e. The van der Waals surface area contributed by atoms with Crippen LogP contribution in [0.2, 0.25) is 0 Å². The molecule has 0 unspecified atom stereocenters. The van der Waals surface area contributed by atoms with Gasteiger partial charge in [0.2, 0.25) is 0 Å². The lowest BCUT2D eigenvalue weighted by molar-refractivity contribution is 1.32. The zero-order chi connectivity index (χ0) is 39.0. The molecule has 0 saturated carbocycles. The van der Waals surface area contributed by atoms with E-state index in [4.69, 9.17) is 4.98 Å². The second kappa shape index (κ2) is 15.1. The molecule has 0 aliphatic heterocycles. The van der Waals surface area contributed by atoms with Crippen LogP contribution in [0.25, 0.3) is 104 Å². The van der Waals surface area contributed by atoms with Crippen molar-refractivity contribution in [2.24, 2.45) is 0 Å². The number of thiophene rings is 1. The summed E-state index contributed by atoms with van der Waals surface area (Å²) in [5.74, 6) is 0. The summed E-state index contributed by atoms with van der Waals surface area (Å²) >= 11 is 1.86. The van der Waals surface area contributed by atoms with Crippen molar-refractivity contribution in [1.29, 1.82) is 0 Å². The van der Waals surface area contributed by atoms with Crippen molar-refractivity contribution in [2.45, 2.75) is 6.92 Å². The number of benzene rings is 8. The fraction of sp³-hybridized carbons (Fsp3) is 0.0179. The number of aromatic nitrogens is 1. The molecule has 8 aromatic carbocycles. The summed E-state index contributed by atoms with van der Waals surface area (Å²) in [5, 5.41) is 2.65. The standard InChI is InChI=1S/C56H39NS/c1-3-38-33-46(29-31-50(38)49-14-8-7-11-37(49)2)41-25-27-45(28-26-41)54-36-48(35-53(57-54)44-12-5-4-6-13-44)43-23-19-40(20-24-43)39-17-21-42(22-18-39)47-30-32-56-52(34-47)51-15-9-10-16-55(51)58-56/h3-36H,1H2,2H3. The quantitative estimate of drug-likeness (QED) is 0.150. The van der Waals surface area contributed by atoms with Crippen molar-refractivity contribution >= 4 is 37.6 Å². The van der Waals surface area contributed by atoms with Gasteiger partial charge in [-0.15, -0.1) is 11.3 Å². The summed E-state index contributed by atoms with van der Waals surface area (Å²) in [7, 11) is 0. The van der Waals surface area contributed by atoms with E-state index in [1.54, 1.807) is 0 Å². The Kier molecular flexibility index (Phi) is 9.18. The van der Waals surface area contributed by atoms with E-state index in [-0.39, 0.29) is 0 Å². The Hall–Kier alpha value is -7.13. The maximum atomic E-state index is 5.20. The average Bonchev–Trinajstić information content (AvgIpc) is 3.67. The van der Waals surface area contributed by atoms with E-state index in [1.807, 2.05) is 23.5 Å². The second-order valence-electron chi connectivity index (χ2n) is 14.9. The molecule has 0 spiro atoms. The Balaban J connectivity index is 0.937.